The Bertz CT molecular complexity index is 722. The van der Waals surface area contributed by atoms with E-state index in [2.05, 4.69) is 104 Å². The van der Waals surface area contributed by atoms with Crippen LogP contribution < -0.4 is 0 Å². The lowest BCUT2D eigenvalue weighted by Crippen LogP contribution is -2.41. The summed E-state index contributed by atoms with van der Waals surface area (Å²) >= 11 is 0. The fourth-order valence-electron chi connectivity index (χ4n) is 8.80. The molecule has 0 amide bonds. The first-order chi connectivity index (χ1) is 19.7. The first-order valence-corrected chi connectivity index (χ1v) is 19.6. The molecule has 3 nitrogen and oxygen atoms in total. The smallest absolute Gasteiger partial charge is 0.309 e. The Kier molecular flexibility index (Phi) is 13.2. The Balaban J connectivity index is 1.85. The van der Waals surface area contributed by atoms with Crippen molar-refractivity contribution in [1.29, 1.82) is 0 Å². The maximum absolute atomic E-state index is 7.20. The van der Waals surface area contributed by atoms with Gasteiger partial charge in [-0.25, -0.2) is 0 Å². The third-order valence-electron chi connectivity index (χ3n) is 12.4. The third kappa shape index (κ3) is 10.4. The van der Waals surface area contributed by atoms with Gasteiger partial charge in [0.15, 0.2) is 0 Å². The molecule has 0 saturated heterocycles. The summed E-state index contributed by atoms with van der Waals surface area (Å²) in [5.74, 6) is 5.74. The summed E-state index contributed by atoms with van der Waals surface area (Å²) < 4.78 is 21.6. The molecule has 0 aromatic heterocycles. The van der Waals surface area contributed by atoms with Gasteiger partial charge in [0.1, 0.15) is 0 Å². The van der Waals surface area contributed by atoms with Crippen LogP contribution in [0.15, 0.2) is 0 Å². The van der Waals surface area contributed by atoms with Gasteiger partial charge < -0.3 is 13.6 Å². The van der Waals surface area contributed by atoms with Gasteiger partial charge in [-0.2, -0.15) is 0 Å². The monoisotopic (exact) mass is 623 g/mol. The van der Waals surface area contributed by atoms with Crippen molar-refractivity contribution in [2.75, 3.05) is 0 Å². The van der Waals surface area contributed by atoms with Crippen LogP contribution in [0, 0.1) is 69.5 Å². The highest BCUT2D eigenvalue weighted by Gasteiger charge is 2.45. The van der Waals surface area contributed by atoms with Crippen molar-refractivity contribution in [3.8, 4) is 0 Å². The molecule has 3 aliphatic carbocycles. The minimum atomic E-state index is -1.41. The second-order valence-electron chi connectivity index (χ2n) is 19.5. The van der Waals surface area contributed by atoms with Crippen molar-refractivity contribution in [2.45, 2.75) is 180 Å². The lowest BCUT2D eigenvalue weighted by molar-refractivity contribution is -0.0522. The second-order valence-corrected chi connectivity index (χ2v) is 20.6. The number of hydrogen-bond donors (Lipinski definition) is 0. The van der Waals surface area contributed by atoms with Crippen LogP contribution in [0.1, 0.15) is 162 Å². The average Bonchev–Trinajstić information content (AvgIpc) is 2.87. The van der Waals surface area contributed by atoms with Crippen LogP contribution in [-0.4, -0.2) is 18.3 Å². The fourth-order valence-corrected chi connectivity index (χ4v) is 10.4. The summed E-state index contributed by atoms with van der Waals surface area (Å²) in [5, 5.41) is 0. The Labute approximate surface area is 271 Å². The van der Waals surface area contributed by atoms with Crippen molar-refractivity contribution in [3.05, 3.63) is 0 Å². The second kappa shape index (κ2) is 15.0. The molecule has 0 aliphatic heterocycles. The van der Waals surface area contributed by atoms with Crippen molar-refractivity contribution in [3.63, 3.8) is 0 Å². The maximum Gasteiger partial charge on any atom is 0.333 e. The van der Waals surface area contributed by atoms with Crippen molar-refractivity contribution in [2.24, 2.45) is 69.5 Å². The van der Waals surface area contributed by atoms with E-state index in [1.807, 2.05) is 0 Å². The standard InChI is InChI=1S/C39H75O3P/c1-25(2)31-22-28(37(7,8)9)16-19-34(31)40-43(41-35-20-17-29(38(10,11)12)23-32(35)26(3)4)42-36-21-18-30(39(13,14)15)24-33(36)27(5)6/h25-36H,16-24H2,1-15H3. The minimum Gasteiger partial charge on any atom is -0.309 e. The molecular formula is C39H75O3P. The van der Waals surface area contributed by atoms with Gasteiger partial charge >= 0.3 is 8.60 Å². The zero-order valence-corrected chi connectivity index (χ0v) is 32.4. The molecule has 4 heteroatoms. The summed E-state index contributed by atoms with van der Waals surface area (Å²) in [6, 6.07) is 0. The zero-order valence-electron chi connectivity index (χ0n) is 31.5. The highest BCUT2D eigenvalue weighted by molar-refractivity contribution is 7.41. The molecular weight excluding hydrogens is 547 g/mol. The molecule has 0 aromatic carbocycles. The summed E-state index contributed by atoms with van der Waals surface area (Å²) in [5.41, 5.74) is 1.05. The first-order valence-electron chi connectivity index (χ1n) is 18.5. The quantitative estimate of drug-likeness (QED) is 0.239. The maximum atomic E-state index is 7.20. The summed E-state index contributed by atoms with van der Waals surface area (Å²) in [6.07, 6.45) is 11.6. The van der Waals surface area contributed by atoms with Gasteiger partial charge in [0.25, 0.3) is 0 Å². The van der Waals surface area contributed by atoms with Crippen LogP contribution in [0.4, 0.5) is 0 Å². The molecule has 3 rings (SSSR count). The van der Waals surface area contributed by atoms with Crippen LogP contribution in [0.3, 0.4) is 0 Å². The molecule has 0 spiro atoms. The van der Waals surface area contributed by atoms with E-state index in [9.17, 15) is 0 Å². The van der Waals surface area contributed by atoms with Crippen LogP contribution in [0.5, 0.6) is 0 Å². The van der Waals surface area contributed by atoms with E-state index in [0.717, 1.165) is 37.0 Å². The van der Waals surface area contributed by atoms with Gasteiger partial charge in [0.2, 0.25) is 0 Å². The van der Waals surface area contributed by atoms with E-state index in [1.54, 1.807) is 0 Å². The van der Waals surface area contributed by atoms with E-state index in [0.29, 0.717) is 51.8 Å². The van der Waals surface area contributed by atoms with Crippen molar-refractivity contribution < 1.29 is 13.6 Å². The zero-order chi connectivity index (χ0) is 32.5. The third-order valence-corrected chi connectivity index (χ3v) is 13.7. The average molecular weight is 623 g/mol. The van der Waals surface area contributed by atoms with E-state index in [1.165, 1.54) is 38.5 Å². The van der Waals surface area contributed by atoms with Crippen LogP contribution >= 0.6 is 8.60 Å². The van der Waals surface area contributed by atoms with Crippen molar-refractivity contribution >= 4 is 8.60 Å². The molecule has 0 radical (unpaired) electrons. The Morgan fingerprint density at radius 2 is 0.651 bits per heavy atom. The summed E-state index contributed by atoms with van der Waals surface area (Å²) in [4.78, 5) is 0. The normalized spacial score (nSPS) is 36.0. The predicted molar refractivity (Wildman–Crippen MR) is 187 cm³/mol. The van der Waals surface area contributed by atoms with Crippen LogP contribution in [0.2, 0.25) is 0 Å². The number of rotatable bonds is 9. The van der Waals surface area contributed by atoms with Gasteiger partial charge in [-0.3, -0.25) is 0 Å². The van der Waals surface area contributed by atoms with Crippen molar-refractivity contribution in [1.82, 2.24) is 0 Å². The molecule has 3 aliphatic rings. The van der Waals surface area contributed by atoms with E-state index in [4.69, 9.17) is 13.6 Å². The van der Waals surface area contributed by atoms with Gasteiger partial charge in [0, 0.05) is 0 Å². The molecule has 0 N–H and O–H groups in total. The molecule has 9 unspecified atom stereocenters. The van der Waals surface area contributed by atoms with Crippen LogP contribution in [-0.2, 0) is 13.6 Å². The predicted octanol–water partition coefficient (Wildman–Crippen LogP) is 12.7. The van der Waals surface area contributed by atoms with Gasteiger partial charge in [0.05, 0.1) is 18.3 Å². The molecule has 254 valence electrons. The number of hydrogen-bond acceptors (Lipinski definition) is 3. The summed E-state index contributed by atoms with van der Waals surface area (Å²) in [6.45, 7) is 36.3. The Hall–Kier alpha value is 0.310. The Morgan fingerprint density at radius 1 is 0.419 bits per heavy atom. The molecule has 0 bridgehead atoms. The van der Waals surface area contributed by atoms with Crippen LogP contribution in [0.25, 0.3) is 0 Å². The highest BCUT2D eigenvalue weighted by atomic mass is 31.2. The largest absolute Gasteiger partial charge is 0.333 e. The van der Waals surface area contributed by atoms with E-state index in [-0.39, 0.29) is 18.3 Å². The van der Waals surface area contributed by atoms with Gasteiger partial charge in [-0.15, -0.1) is 0 Å². The van der Waals surface area contributed by atoms with Gasteiger partial charge in [-0.1, -0.05) is 104 Å². The fraction of sp³-hybridized carbons (Fsp3) is 1.00. The van der Waals surface area contributed by atoms with E-state index < -0.39 is 8.60 Å². The first kappa shape index (κ1) is 37.8. The molecule has 9 atom stereocenters. The Morgan fingerprint density at radius 3 is 0.837 bits per heavy atom. The molecule has 0 aromatic rings. The minimum absolute atomic E-state index is 0.233. The SMILES string of the molecule is CC(C)C1CC(C(C)(C)C)CCC1OP(OC1CCC(C(C)(C)C)CC1C(C)C)OC1CCC(C(C)(C)C)CC1C(C)C. The molecule has 3 saturated carbocycles. The topological polar surface area (TPSA) is 27.7 Å². The summed E-state index contributed by atoms with van der Waals surface area (Å²) in [7, 11) is -1.41. The lowest BCUT2D eigenvalue weighted by Gasteiger charge is -2.47. The van der Waals surface area contributed by atoms with Gasteiger partial charge in [-0.05, 0) is 127 Å². The molecule has 0 heterocycles. The lowest BCUT2D eigenvalue weighted by atomic mass is 9.66. The molecule has 3 fully saturated rings. The molecule has 43 heavy (non-hydrogen) atoms. The highest BCUT2D eigenvalue weighted by Crippen LogP contribution is 2.56. The van der Waals surface area contributed by atoms with E-state index >= 15 is 0 Å².